The quantitative estimate of drug-likeness (QED) is 0.715. The van der Waals surface area contributed by atoms with Crippen molar-refractivity contribution in [3.8, 4) is 0 Å². The van der Waals surface area contributed by atoms with Gasteiger partial charge >= 0.3 is 5.97 Å². The number of hydrogen-bond donors (Lipinski definition) is 1. The molecule has 33 heavy (non-hydrogen) atoms. The van der Waals surface area contributed by atoms with Crippen molar-refractivity contribution in [1.82, 2.24) is 14.5 Å². The summed E-state index contributed by atoms with van der Waals surface area (Å²) < 4.78 is 1.76. The molecule has 4 bridgehead atoms. The number of nitrogens with zero attached hydrogens (tertiary/aromatic N) is 3. The molecule has 1 N–H and O–H groups in total. The minimum absolute atomic E-state index is 0.0401. The molecule has 2 saturated heterocycles. The molecular weight excluding hydrogens is 414 g/mol. The van der Waals surface area contributed by atoms with E-state index in [0.29, 0.717) is 23.0 Å². The van der Waals surface area contributed by atoms with Gasteiger partial charge in [0.05, 0.1) is 11.0 Å². The summed E-state index contributed by atoms with van der Waals surface area (Å²) in [6.07, 6.45) is 9.78. The highest BCUT2D eigenvalue weighted by molar-refractivity contribution is 5.88. The van der Waals surface area contributed by atoms with Crippen LogP contribution < -0.4 is 5.56 Å². The van der Waals surface area contributed by atoms with E-state index >= 15 is 0 Å². The third kappa shape index (κ3) is 3.28. The van der Waals surface area contributed by atoms with E-state index in [0.717, 1.165) is 36.1 Å². The van der Waals surface area contributed by atoms with Gasteiger partial charge in [-0.25, -0.2) is 9.78 Å². The Labute approximate surface area is 195 Å². The number of carboxylic acids is 1. The molecule has 7 rings (SSSR count). The topological polar surface area (TPSA) is 75.4 Å². The van der Waals surface area contributed by atoms with Gasteiger partial charge in [0.1, 0.15) is 0 Å². The number of carbonyl (C=O) groups is 1. The van der Waals surface area contributed by atoms with Gasteiger partial charge in [-0.3, -0.25) is 9.69 Å². The van der Waals surface area contributed by atoms with Crippen molar-refractivity contribution in [2.75, 3.05) is 6.54 Å². The number of aromatic nitrogens is 2. The Balaban J connectivity index is 1.22. The monoisotopic (exact) mass is 449 g/mol. The lowest BCUT2D eigenvalue weighted by Crippen LogP contribution is -2.53. The standard InChI is InChI=1S/C27H35N3O3/c1-27(2)17-8-7-16(21(27)13-17)11-12-29-18-9-10-19(29)15-20(14-18)30-23-6-4-3-5-22(23)28-24(25(30)31)26(32)33/h3-6,16-21H,7-15H2,1-2H3,(H,32,33)/t16-,17-,18-,19+,20+,21-/m0/s1. The third-order valence-corrected chi connectivity index (χ3v) is 9.98. The van der Waals surface area contributed by atoms with Gasteiger partial charge in [-0.1, -0.05) is 26.0 Å². The average molecular weight is 450 g/mol. The van der Waals surface area contributed by atoms with E-state index in [1.165, 1.54) is 45.1 Å². The molecule has 2 aromatic rings. The van der Waals surface area contributed by atoms with Crippen molar-refractivity contribution < 1.29 is 9.90 Å². The van der Waals surface area contributed by atoms with Crippen LogP contribution in [-0.2, 0) is 0 Å². The Kier molecular flexibility index (Phi) is 4.95. The SMILES string of the molecule is CC1(C)[C@H]2CC[C@@H](CCN3[C@@H]4CC[C@H]3C[C@@H](n3c(=O)c(C(=O)O)nc5ccccc53)C4)[C@@H]1C2. The maximum absolute atomic E-state index is 13.2. The average Bonchev–Trinajstić information content (AvgIpc) is 3.04. The molecule has 6 heteroatoms. The molecule has 5 aliphatic rings. The fraction of sp³-hybridized carbons (Fsp3) is 0.667. The van der Waals surface area contributed by atoms with Gasteiger partial charge in [0, 0.05) is 18.1 Å². The number of piperidine rings is 1. The predicted molar refractivity (Wildman–Crippen MR) is 127 cm³/mol. The number of benzene rings is 1. The van der Waals surface area contributed by atoms with Gasteiger partial charge in [-0.15, -0.1) is 0 Å². The van der Waals surface area contributed by atoms with Crippen LogP contribution in [0, 0.1) is 23.2 Å². The maximum atomic E-state index is 13.2. The smallest absolute Gasteiger partial charge is 0.360 e. The second-order valence-electron chi connectivity index (χ2n) is 11.7. The summed E-state index contributed by atoms with van der Waals surface area (Å²) in [5, 5.41) is 9.58. The van der Waals surface area contributed by atoms with E-state index in [1.807, 2.05) is 18.2 Å². The Morgan fingerprint density at radius 1 is 1.06 bits per heavy atom. The van der Waals surface area contributed by atoms with Crippen LogP contribution in [0.2, 0.25) is 0 Å². The zero-order valence-electron chi connectivity index (χ0n) is 19.7. The molecule has 2 aliphatic heterocycles. The number of carboxylic acid groups (broad SMARTS) is 1. The number of rotatable bonds is 5. The van der Waals surface area contributed by atoms with Crippen LogP contribution in [0.3, 0.4) is 0 Å². The molecule has 3 saturated carbocycles. The van der Waals surface area contributed by atoms with Crippen LogP contribution in [-0.4, -0.2) is 44.2 Å². The van der Waals surface area contributed by atoms with Crippen molar-refractivity contribution in [2.45, 2.75) is 83.3 Å². The molecule has 176 valence electrons. The molecule has 1 aromatic heterocycles. The Morgan fingerprint density at radius 3 is 2.45 bits per heavy atom. The number of hydrogen-bond acceptors (Lipinski definition) is 4. The van der Waals surface area contributed by atoms with E-state index < -0.39 is 11.5 Å². The molecule has 1 aromatic carbocycles. The van der Waals surface area contributed by atoms with Crippen LogP contribution in [0.5, 0.6) is 0 Å². The van der Waals surface area contributed by atoms with E-state index in [1.54, 1.807) is 10.6 Å². The minimum Gasteiger partial charge on any atom is -0.476 e. The second kappa shape index (κ2) is 7.66. The third-order valence-electron chi connectivity index (χ3n) is 9.98. The van der Waals surface area contributed by atoms with Crippen molar-refractivity contribution in [3.63, 3.8) is 0 Å². The van der Waals surface area contributed by atoms with Gasteiger partial charge < -0.3 is 9.67 Å². The van der Waals surface area contributed by atoms with E-state index in [4.69, 9.17) is 0 Å². The highest BCUT2D eigenvalue weighted by atomic mass is 16.4. The largest absolute Gasteiger partial charge is 0.476 e. The van der Waals surface area contributed by atoms with E-state index in [9.17, 15) is 14.7 Å². The van der Waals surface area contributed by atoms with Gasteiger partial charge in [0.25, 0.3) is 5.56 Å². The molecule has 0 unspecified atom stereocenters. The molecular formula is C27H35N3O3. The van der Waals surface area contributed by atoms with Crippen LogP contribution in [0.1, 0.15) is 81.7 Å². The summed E-state index contributed by atoms with van der Waals surface area (Å²) >= 11 is 0. The normalized spacial score (nSPS) is 34.8. The first-order valence-corrected chi connectivity index (χ1v) is 12.8. The number of aromatic carboxylic acids is 1. The molecule has 5 fully saturated rings. The van der Waals surface area contributed by atoms with Crippen molar-refractivity contribution in [2.24, 2.45) is 23.2 Å². The van der Waals surface area contributed by atoms with Crippen LogP contribution in [0.25, 0.3) is 11.0 Å². The fourth-order valence-electron chi connectivity index (χ4n) is 8.10. The Morgan fingerprint density at radius 2 is 1.79 bits per heavy atom. The van der Waals surface area contributed by atoms with E-state index in [-0.39, 0.29) is 11.7 Å². The van der Waals surface area contributed by atoms with Crippen molar-refractivity contribution in [1.29, 1.82) is 0 Å². The fourth-order valence-corrected chi connectivity index (χ4v) is 8.10. The Bertz CT molecular complexity index is 1140. The number of para-hydroxylation sites is 2. The molecule has 6 atom stereocenters. The zero-order chi connectivity index (χ0) is 22.9. The predicted octanol–water partition coefficient (Wildman–Crippen LogP) is 4.73. The van der Waals surface area contributed by atoms with Crippen LogP contribution >= 0.6 is 0 Å². The summed E-state index contributed by atoms with van der Waals surface area (Å²) in [7, 11) is 0. The lowest BCUT2D eigenvalue weighted by Gasteiger charge is -2.60. The molecule has 6 nitrogen and oxygen atoms in total. The van der Waals surface area contributed by atoms with Gasteiger partial charge in [-0.2, -0.15) is 0 Å². The maximum Gasteiger partial charge on any atom is 0.360 e. The van der Waals surface area contributed by atoms with Gasteiger partial charge in [0.2, 0.25) is 5.69 Å². The van der Waals surface area contributed by atoms with E-state index in [2.05, 4.69) is 23.7 Å². The highest BCUT2D eigenvalue weighted by Gasteiger charge is 2.54. The molecule has 0 amide bonds. The molecule has 3 heterocycles. The van der Waals surface area contributed by atoms with Crippen molar-refractivity contribution >= 4 is 17.0 Å². The molecule has 0 spiro atoms. The first kappa shape index (κ1) is 21.3. The highest BCUT2D eigenvalue weighted by Crippen LogP contribution is 2.62. The lowest BCUT2D eigenvalue weighted by molar-refractivity contribution is -0.109. The first-order chi connectivity index (χ1) is 15.8. The minimum atomic E-state index is -1.24. The Hall–Kier alpha value is -2.21. The van der Waals surface area contributed by atoms with Crippen molar-refractivity contribution in [3.05, 3.63) is 40.3 Å². The van der Waals surface area contributed by atoms with Crippen LogP contribution in [0.4, 0.5) is 0 Å². The lowest BCUT2D eigenvalue weighted by atomic mass is 9.45. The number of fused-ring (bicyclic) bond motifs is 5. The zero-order valence-corrected chi connectivity index (χ0v) is 19.7. The van der Waals surface area contributed by atoms with Gasteiger partial charge in [-0.05, 0) is 93.2 Å². The second-order valence-corrected chi connectivity index (χ2v) is 11.7. The summed E-state index contributed by atoms with van der Waals surface area (Å²) in [4.78, 5) is 31.8. The summed E-state index contributed by atoms with van der Waals surface area (Å²) in [5.41, 5.74) is 1.07. The summed E-state index contributed by atoms with van der Waals surface area (Å²) in [6.45, 7) is 6.14. The summed E-state index contributed by atoms with van der Waals surface area (Å²) in [5.74, 6) is 1.48. The van der Waals surface area contributed by atoms with Crippen LogP contribution in [0.15, 0.2) is 29.1 Å². The molecule has 3 aliphatic carbocycles. The van der Waals surface area contributed by atoms with Gasteiger partial charge in [0.15, 0.2) is 0 Å². The first-order valence-electron chi connectivity index (χ1n) is 12.8. The molecule has 0 radical (unpaired) electrons. The summed E-state index contributed by atoms with van der Waals surface area (Å²) in [6, 6.07) is 8.48.